The van der Waals surface area contributed by atoms with Gasteiger partial charge in [0.1, 0.15) is 25.1 Å². The second-order valence-corrected chi connectivity index (χ2v) is 12.1. The first-order valence-corrected chi connectivity index (χ1v) is 16.3. The maximum Gasteiger partial charge on any atom is 0.407 e. The van der Waals surface area contributed by atoms with Gasteiger partial charge < -0.3 is 30.2 Å². The molecule has 4 rings (SSSR count). The Morgan fingerprint density at radius 2 is 1.65 bits per heavy atom. The molecule has 14 nitrogen and oxygen atoms in total. The average molecular weight is 680 g/mol. The maximum atomic E-state index is 14.4. The van der Waals surface area contributed by atoms with Gasteiger partial charge in [-0.3, -0.25) is 9.59 Å². The first kappa shape index (κ1) is 37.0. The van der Waals surface area contributed by atoms with Crippen LogP contribution >= 0.6 is 0 Å². The highest BCUT2D eigenvalue weighted by Crippen LogP contribution is 2.35. The number of alkyl carbamates (subject to hydrolysis) is 1. The van der Waals surface area contributed by atoms with Crippen LogP contribution in [0.1, 0.15) is 61.4 Å². The highest BCUT2D eigenvalue weighted by molar-refractivity contribution is 6.09. The van der Waals surface area contributed by atoms with E-state index in [1.54, 1.807) is 30.3 Å². The van der Waals surface area contributed by atoms with Crippen LogP contribution < -0.4 is 11.1 Å². The number of quaternary nitrogens is 1. The third kappa shape index (κ3) is 8.45. The molecule has 2 aromatic rings. The lowest BCUT2D eigenvalue weighted by molar-refractivity contribution is -0.718. The number of nitrogens with two attached hydrogens (primary N) is 1. The number of carbonyl (C=O) groups excluding carboxylic acids is 7. The van der Waals surface area contributed by atoms with Gasteiger partial charge in [-0.2, -0.15) is 0 Å². The zero-order chi connectivity index (χ0) is 35.6. The lowest BCUT2D eigenvalue weighted by atomic mass is 10.0. The minimum atomic E-state index is -1.55. The molecule has 0 bridgehead atoms. The molecule has 262 valence electrons. The minimum absolute atomic E-state index is 0.0768. The molecule has 49 heavy (non-hydrogen) atoms. The molecule has 5 amide bonds. The van der Waals surface area contributed by atoms with Crippen molar-refractivity contribution < 1.29 is 52.3 Å². The number of ketones is 1. The average Bonchev–Trinajstić information content (AvgIpc) is 3.70. The molecule has 2 aliphatic heterocycles. The molecule has 2 aromatic carbocycles. The zero-order valence-electron chi connectivity index (χ0n) is 27.7. The maximum absolute atomic E-state index is 14.4. The molecule has 2 unspecified atom stereocenters. The standard InChI is InChI=1S/C35H42N4O10/c1-23(36)32(43)39(30(41)20-29(47-2)33(39)44)27(17-9-10-18-37-35(46)49-21-24-12-5-3-6-13-24)31(42)38-19-11-16-26(38)34(45)48-22-28(40)25-14-7-4-8-15-25/h3-8,12-15,23,26-27,29H,9-11,16-22,36H2,1-2H3/p+1/t23-,26-,27-,29?,39?/m0/s1. The fourth-order valence-corrected chi connectivity index (χ4v) is 6.28. The summed E-state index contributed by atoms with van der Waals surface area (Å²) in [5, 5.41) is 2.63. The number of nitrogens with zero attached hydrogens (tertiary/aromatic N) is 2. The number of amides is 5. The normalized spacial score (nSPS) is 21.6. The molecule has 0 saturated carbocycles. The number of hydrogen-bond acceptors (Lipinski definition) is 11. The summed E-state index contributed by atoms with van der Waals surface area (Å²) in [7, 11) is 1.23. The van der Waals surface area contributed by atoms with Crippen LogP contribution in [0.2, 0.25) is 0 Å². The number of hydrogen-bond donors (Lipinski definition) is 2. The molecule has 2 aliphatic rings. The molecule has 2 saturated heterocycles. The molecule has 5 atom stereocenters. The smallest absolute Gasteiger partial charge is 0.407 e. The van der Waals surface area contributed by atoms with Crippen LogP contribution in [0.15, 0.2) is 60.7 Å². The van der Waals surface area contributed by atoms with Gasteiger partial charge in [-0.25, -0.2) is 24.0 Å². The van der Waals surface area contributed by atoms with Crippen LogP contribution in [-0.4, -0.2) is 102 Å². The van der Waals surface area contributed by atoms with Gasteiger partial charge in [-0.15, -0.1) is 4.48 Å². The quantitative estimate of drug-likeness (QED) is 0.0922. The van der Waals surface area contributed by atoms with Crippen molar-refractivity contribution in [3.8, 4) is 0 Å². The Morgan fingerprint density at radius 3 is 2.29 bits per heavy atom. The SMILES string of the molecule is COC1CC(=O)[N+](C(=O)[C@H](C)N)([C@@H](CCCCNC(=O)OCc2ccccc2)C(=O)N2CCC[C@H]2C(=O)OCC(=O)c2ccccc2)C1=O. The molecule has 14 heteroatoms. The summed E-state index contributed by atoms with van der Waals surface area (Å²) in [4.78, 5) is 95.0. The Hall–Kier alpha value is -4.79. The number of methoxy groups -OCH3 is 1. The van der Waals surface area contributed by atoms with E-state index in [2.05, 4.69) is 5.32 Å². The van der Waals surface area contributed by atoms with Crippen molar-refractivity contribution in [1.82, 2.24) is 10.2 Å². The first-order chi connectivity index (χ1) is 23.5. The van der Waals surface area contributed by atoms with Gasteiger partial charge in [0, 0.05) is 32.2 Å². The van der Waals surface area contributed by atoms with E-state index in [1.807, 2.05) is 30.3 Å². The zero-order valence-corrected chi connectivity index (χ0v) is 27.7. The van der Waals surface area contributed by atoms with Gasteiger partial charge in [-0.1, -0.05) is 60.7 Å². The lowest BCUT2D eigenvalue weighted by Gasteiger charge is -2.37. The van der Waals surface area contributed by atoms with Crippen LogP contribution in [0, 0.1) is 0 Å². The fourth-order valence-electron chi connectivity index (χ4n) is 6.28. The number of carbonyl (C=O) groups is 7. The minimum Gasteiger partial charge on any atom is -0.456 e. The van der Waals surface area contributed by atoms with E-state index in [4.69, 9.17) is 19.9 Å². The number of nitrogens with one attached hydrogen (secondary N) is 1. The molecule has 3 N–H and O–H groups in total. The number of likely N-dealkylation sites (tertiary alicyclic amines) is 2. The Labute approximate surface area is 284 Å². The third-order valence-electron chi connectivity index (χ3n) is 8.79. The van der Waals surface area contributed by atoms with E-state index in [0.29, 0.717) is 18.4 Å². The third-order valence-corrected chi connectivity index (χ3v) is 8.79. The Kier molecular flexibility index (Phi) is 12.9. The summed E-state index contributed by atoms with van der Waals surface area (Å²) < 4.78 is 14.3. The second-order valence-electron chi connectivity index (χ2n) is 12.1. The summed E-state index contributed by atoms with van der Waals surface area (Å²) in [5.74, 6) is -4.69. The molecular weight excluding hydrogens is 636 g/mol. The van der Waals surface area contributed by atoms with Crippen molar-refractivity contribution >= 4 is 41.5 Å². The predicted octanol–water partition coefficient (Wildman–Crippen LogP) is 2.03. The van der Waals surface area contributed by atoms with Gasteiger partial charge in [-0.05, 0) is 38.2 Å². The molecule has 0 radical (unpaired) electrons. The van der Waals surface area contributed by atoms with E-state index in [9.17, 15) is 33.6 Å². The Bertz CT molecular complexity index is 1530. The van der Waals surface area contributed by atoms with Gasteiger partial charge in [0.2, 0.25) is 0 Å². The first-order valence-electron chi connectivity index (χ1n) is 16.3. The van der Waals surface area contributed by atoms with Gasteiger partial charge in [0.25, 0.3) is 5.91 Å². The summed E-state index contributed by atoms with van der Waals surface area (Å²) >= 11 is 0. The monoisotopic (exact) mass is 679 g/mol. The van der Waals surface area contributed by atoms with Crippen LogP contribution in [0.25, 0.3) is 0 Å². The van der Waals surface area contributed by atoms with Crippen molar-refractivity contribution in [2.24, 2.45) is 5.73 Å². The molecular formula is C35H43N4O10+. The van der Waals surface area contributed by atoms with E-state index in [1.165, 1.54) is 18.9 Å². The van der Waals surface area contributed by atoms with Crippen LogP contribution in [0.4, 0.5) is 4.79 Å². The van der Waals surface area contributed by atoms with Crippen LogP contribution in [0.3, 0.4) is 0 Å². The number of imide groups is 3. The van der Waals surface area contributed by atoms with Crippen LogP contribution in [-0.2, 0) is 44.8 Å². The number of ether oxygens (including phenoxy) is 3. The number of rotatable bonds is 15. The molecule has 0 spiro atoms. The predicted molar refractivity (Wildman–Crippen MR) is 173 cm³/mol. The van der Waals surface area contributed by atoms with Gasteiger partial charge in [0.05, 0.1) is 0 Å². The Balaban J connectivity index is 1.50. The van der Waals surface area contributed by atoms with Gasteiger partial charge in [0.15, 0.2) is 24.5 Å². The van der Waals surface area contributed by atoms with Gasteiger partial charge >= 0.3 is 29.8 Å². The van der Waals surface area contributed by atoms with E-state index >= 15 is 0 Å². The molecule has 0 aromatic heterocycles. The van der Waals surface area contributed by atoms with Crippen molar-refractivity contribution in [1.29, 1.82) is 0 Å². The summed E-state index contributed by atoms with van der Waals surface area (Å²) in [6, 6.07) is 13.5. The highest BCUT2D eigenvalue weighted by atomic mass is 16.5. The number of Topliss-reactive ketones (excluding diaryl/α,β-unsaturated/α-hetero) is 1. The summed E-state index contributed by atoms with van der Waals surface area (Å²) in [5.41, 5.74) is 7.14. The molecule has 0 aliphatic carbocycles. The van der Waals surface area contributed by atoms with E-state index < -0.39 is 83.2 Å². The summed E-state index contributed by atoms with van der Waals surface area (Å²) in [6.07, 6.45) is -1.34. The van der Waals surface area contributed by atoms with E-state index in [0.717, 1.165) is 5.56 Å². The van der Waals surface area contributed by atoms with Crippen molar-refractivity contribution in [3.05, 3.63) is 71.8 Å². The number of benzene rings is 2. The topological polar surface area (TPSA) is 188 Å². The largest absolute Gasteiger partial charge is 0.456 e. The number of esters is 1. The van der Waals surface area contributed by atoms with E-state index in [-0.39, 0.29) is 39.0 Å². The second kappa shape index (κ2) is 17.0. The number of unbranched alkanes of at least 4 members (excludes halogenated alkanes) is 1. The van der Waals surface area contributed by atoms with Crippen molar-refractivity contribution in [2.75, 3.05) is 26.8 Å². The fraction of sp³-hybridized carbons (Fsp3) is 0.457. The Morgan fingerprint density at radius 1 is 0.980 bits per heavy atom. The molecule has 2 fully saturated rings. The lowest BCUT2D eigenvalue weighted by Crippen LogP contribution is -2.71. The van der Waals surface area contributed by atoms with Crippen molar-refractivity contribution in [3.63, 3.8) is 0 Å². The summed E-state index contributed by atoms with van der Waals surface area (Å²) in [6.45, 7) is 1.11. The van der Waals surface area contributed by atoms with Crippen molar-refractivity contribution in [2.45, 2.75) is 76.3 Å². The van der Waals surface area contributed by atoms with Crippen LogP contribution in [0.5, 0.6) is 0 Å². The molecule has 2 heterocycles. The highest BCUT2D eigenvalue weighted by Gasteiger charge is 2.68.